The number of rotatable bonds is 5. The Morgan fingerprint density at radius 1 is 0.897 bits per heavy atom. The van der Waals surface area contributed by atoms with Crippen LogP contribution >= 0.6 is 0 Å². The lowest BCUT2D eigenvalue weighted by atomic mass is 10.0. The molecule has 0 aliphatic rings. The Morgan fingerprint density at radius 2 is 1.69 bits per heavy atom. The summed E-state index contributed by atoms with van der Waals surface area (Å²) < 4.78 is 5.88. The summed E-state index contributed by atoms with van der Waals surface area (Å²) >= 11 is 0. The van der Waals surface area contributed by atoms with Crippen molar-refractivity contribution in [3.05, 3.63) is 96.3 Å². The largest absolute Gasteiger partial charge is 0.457 e. The topological polar surface area (TPSA) is 51.2 Å². The summed E-state index contributed by atoms with van der Waals surface area (Å²) in [6.07, 6.45) is 3.38. The monoisotopic (exact) mass is 382 g/mol. The Balaban J connectivity index is 1.60. The molecule has 0 aliphatic carbocycles. The molecule has 4 nitrogen and oxygen atoms in total. The van der Waals surface area contributed by atoms with Crippen molar-refractivity contribution in [2.24, 2.45) is 0 Å². The molecular formula is C25H22N2O2. The van der Waals surface area contributed by atoms with Gasteiger partial charge in [0.15, 0.2) is 0 Å². The minimum absolute atomic E-state index is 0.126. The maximum atomic E-state index is 12.9. The van der Waals surface area contributed by atoms with E-state index in [4.69, 9.17) is 4.74 Å². The first kappa shape index (κ1) is 18.7. The minimum Gasteiger partial charge on any atom is -0.457 e. The zero-order chi connectivity index (χ0) is 20.2. The molecule has 4 heteroatoms. The van der Waals surface area contributed by atoms with Gasteiger partial charge in [-0.2, -0.15) is 0 Å². The summed E-state index contributed by atoms with van der Waals surface area (Å²) in [6, 6.07) is 23.0. The van der Waals surface area contributed by atoms with Gasteiger partial charge in [-0.05, 0) is 70.8 Å². The molecule has 0 bridgehead atoms. The molecule has 4 rings (SSSR count). The van der Waals surface area contributed by atoms with Gasteiger partial charge in [0.1, 0.15) is 11.5 Å². The molecule has 0 spiro atoms. The molecule has 29 heavy (non-hydrogen) atoms. The Labute approximate surface area is 170 Å². The molecule has 4 aromatic rings. The molecule has 0 fully saturated rings. The smallest absolute Gasteiger partial charge is 0.256 e. The number of ether oxygens (including phenoxy) is 1. The number of hydrogen-bond donors (Lipinski definition) is 1. The quantitative estimate of drug-likeness (QED) is 0.434. The molecular weight excluding hydrogens is 360 g/mol. The molecule has 1 amide bonds. The molecule has 0 saturated carbocycles. The number of pyridine rings is 1. The van der Waals surface area contributed by atoms with Crippen molar-refractivity contribution in [3.63, 3.8) is 0 Å². The summed E-state index contributed by atoms with van der Waals surface area (Å²) in [7, 11) is 0. The van der Waals surface area contributed by atoms with Crippen LogP contribution in [0.4, 0.5) is 5.69 Å². The first-order valence-electron chi connectivity index (χ1n) is 9.62. The van der Waals surface area contributed by atoms with Crippen LogP contribution in [-0.4, -0.2) is 10.9 Å². The lowest BCUT2D eigenvalue weighted by Crippen LogP contribution is -2.12. The number of fused-ring (bicyclic) bond motifs is 1. The van der Waals surface area contributed by atoms with Gasteiger partial charge >= 0.3 is 0 Å². The normalized spacial score (nSPS) is 10.9. The highest BCUT2D eigenvalue weighted by atomic mass is 16.5. The van der Waals surface area contributed by atoms with Crippen LogP contribution in [0.5, 0.6) is 11.5 Å². The minimum atomic E-state index is -0.126. The highest BCUT2D eigenvalue weighted by Gasteiger charge is 2.12. The maximum absolute atomic E-state index is 12.9. The van der Waals surface area contributed by atoms with E-state index in [9.17, 15) is 4.79 Å². The first-order chi connectivity index (χ1) is 14.1. The van der Waals surface area contributed by atoms with E-state index < -0.39 is 0 Å². The van der Waals surface area contributed by atoms with Crippen molar-refractivity contribution < 1.29 is 9.53 Å². The standard InChI is InChI=1S/C25H22N2O2/c1-17(2)18-5-3-7-20(15-18)27-25(28)24-8-4-6-19-16-22(9-10-23(19)24)29-21-11-13-26-14-12-21/h3-17H,1-2H3,(H,27,28). The average Bonchev–Trinajstić information content (AvgIpc) is 2.74. The third kappa shape index (κ3) is 4.27. The maximum Gasteiger partial charge on any atom is 0.256 e. The molecule has 0 aliphatic heterocycles. The van der Waals surface area contributed by atoms with Crippen LogP contribution in [0.2, 0.25) is 0 Å². The number of amides is 1. The second kappa shape index (κ2) is 8.15. The van der Waals surface area contributed by atoms with Crippen LogP contribution in [0.25, 0.3) is 10.8 Å². The number of hydrogen-bond acceptors (Lipinski definition) is 3. The van der Waals surface area contributed by atoms with Crippen LogP contribution in [0.15, 0.2) is 85.2 Å². The summed E-state index contributed by atoms with van der Waals surface area (Å²) in [4.78, 5) is 16.9. The number of benzene rings is 3. The number of nitrogens with one attached hydrogen (secondary N) is 1. The molecule has 0 saturated heterocycles. The van der Waals surface area contributed by atoms with Gasteiger partial charge in [0, 0.05) is 23.6 Å². The van der Waals surface area contributed by atoms with Gasteiger partial charge < -0.3 is 10.1 Å². The van der Waals surface area contributed by atoms with Gasteiger partial charge in [-0.25, -0.2) is 0 Å². The SMILES string of the molecule is CC(C)c1cccc(NC(=O)c2cccc3cc(Oc4ccncc4)ccc23)c1. The molecule has 0 unspecified atom stereocenters. The molecule has 0 atom stereocenters. The van der Waals surface area contributed by atoms with Crippen LogP contribution in [-0.2, 0) is 0 Å². The highest BCUT2D eigenvalue weighted by molar-refractivity contribution is 6.13. The lowest BCUT2D eigenvalue weighted by Gasteiger charge is -2.12. The summed E-state index contributed by atoms with van der Waals surface area (Å²) in [6.45, 7) is 4.27. The third-order valence-corrected chi connectivity index (χ3v) is 4.79. The first-order valence-corrected chi connectivity index (χ1v) is 9.62. The van der Waals surface area contributed by atoms with Gasteiger partial charge in [0.25, 0.3) is 5.91 Å². The lowest BCUT2D eigenvalue weighted by molar-refractivity contribution is 0.102. The second-order valence-corrected chi connectivity index (χ2v) is 7.21. The van der Waals surface area contributed by atoms with E-state index in [1.165, 1.54) is 5.56 Å². The van der Waals surface area contributed by atoms with Gasteiger partial charge in [-0.15, -0.1) is 0 Å². The van der Waals surface area contributed by atoms with Gasteiger partial charge in [0.05, 0.1) is 0 Å². The Kier molecular flexibility index (Phi) is 5.25. The van der Waals surface area contributed by atoms with Crippen molar-refractivity contribution in [2.45, 2.75) is 19.8 Å². The number of nitrogens with zero attached hydrogens (tertiary/aromatic N) is 1. The van der Waals surface area contributed by atoms with Crippen LogP contribution in [0.3, 0.4) is 0 Å². The zero-order valence-corrected chi connectivity index (χ0v) is 16.4. The van der Waals surface area contributed by atoms with Gasteiger partial charge in [-0.1, -0.05) is 38.1 Å². The van der Waals surface area contributed by atoms with Crippen LogP contribution < -0.4 is 10.1 Å². The molecule has 1 heterocycles. The molecule has 1 aromatic heterocycles. The van der Waals surface area contributed by atoms with E-state index in [1.807, 2.05) is 54.6 Å². The Morgan fingerprint density at radius 3 is 2.48 bits per heavy atom. The van der Waals surface area contributed by atoms with Crippen LogP contribution in [0.1, 0.15) is 35.7 Å². The van der Waals surface area contributed by atoms with E-state index in [2.05, 4.69) is 30.2 Å². The van der Waals surface area contributed by atoms with Crippen molar-refractivity contribution >= 4 is 22.4 Å². The molecule has 0 radical (unpaired) electrons. The van der Waals surface area contributed by atoms with Gasteiger partial charge in [0.2, 0.25) is 0 Å². The fraction of sp³-hybridized carbons (Fsp3) is 0.120. The van der Waals surface area contributed by atoms with E-state index >= 15 is 0 Å². The summed E-state index contributed by atoms with van der Waals surface area (Å²) in [5.41, 5.74) is 2.63. The van der Waals surface area contributed by atoms with Crippen molar-refractivity contribution in [2.75, 3.05) is 5.32 Å². The zero-order valence-electron chi connectivity index (χ0n) is 16.4. The predicted molar refractivity (Wildman–Crippen MR) is 117 cm³/mol. The second-order valence-electron chi connectivity index (χ2n) is 7.21. The highest BCUT2D eigenvalue weighted by Crippen LogP contribution is 2.28. The Hall–Kier alpha value is -3.66. The summed E-state index contributed by atoms with van der Waals surface area (Å²) in [5.74, 6) is 1.71. The molecule has 3 aromatic carbocycles. The van der Waals surface area contributed by atoms with Crippen molar-refractivity contribution in [1.82, 2.24) is 4.98 Å². The van der Waals surface area contributed by atoms with E-state index in [0.717, 1.165) is 22.2 Å². The average molecular weight is 382 g/mol. The number of carbonyl (C=O) groups excluding carboxylic acids is 1. The van der Waals surface area contributed by atoms with Crippen LogP contribution in [0, 0.1) is 0 Å². The fourth-order valence-corrected chi connectivity index (χ4v) is 3.24. The van der Waals surface area contributed by atoms with E-state index in [0.29, 0.717) is 17.2 Å². The number of carbonyl (C=O) groups is 1. The van der Waals surface area contributed by atoms with E-state index in [1.54, 1.807) is 24.5 Å². The van der Waals surface area contributed by atoms with Crippen molar-refractivity contribution in [1.29, 1.82) is 0 Å². The fourth-order valence-electron chi connectivity index (χ4n) is 3.24. The number of aromatic nitrogens is 1. The summed E-state index contributed by atoms with van der Waals surface area (Å²) in [5, 5.41) is 4.85. The van der Waals surface area contributed by atoms with Crippen molar-refractivity contribution in [3.8, 4) is 11.5 Å². The number of anilines is 1. The van der Waals surface area contributed by atoms with E-state index in [-0.39, 0.29) is 5.91 Å². The predicted octanol–water partition coefficient (Wildman–Crippen LogP) is 6.40. The molecule has 1 N–H and O–H groups in total. The Bertz CT molecular complexity index is 1150. The molecule has 144 valence electrons. The third-order valence-electron chi connectivity index (χ3n) is 4.79. The van der Waals surface area contributed by atoms with Gasteiger partial charge in [-0.3, -0.25) is 9.78 Å².